The van der Waals surface area contributed by atoms with E-state index in [0.717, 1.165) is 23.1 Å². The lowest BCUT2D eigenvalue weighted by Gasteiger charge is -2.02. The molecule has 4 nitrogen and oxygen atoms in total. The Hall–Kier alpha value is -1.36. The van der Waals surface area contributed by atoms with Crippen LogP contribution in [-0.2, 0) is 13.6 Å². The Kier molecular flexibility index (Phi) is 2.73. The molecule has 0 unspecified atom stereocenters. The monoisotopic (exact) mass is 222 g/mol. The second-order valence-electron chi connectivity index (χ2n) is 3.46. The quantitative estimate of drug-likeness (QED) is 0.865. The van der Waals surface area contributed by atoms with Gasteiger partial charge in [0.2, 0.25) is 0 Å². The van der Waals surface area contributed by atoms with Gasteiger partial charge in [0.15, 0.2) is 5.13 Å². The summed E-state index contributed by atoms with van der Waals surface area (Å²) in [5, 5.41) is 8.39. The van der Waals surface area contributed by atoms with Crippen LogP contribution < -0.4 is 5.32 Å². The summed E-state index contributed by atoms with van der Waals surface area (Å²) >= 11 is 1.69. The first-order chi connectivity index (χ1) is 7.16. The normalized spacial score (nSPS) is 10.6. The summed E-state index contributed by atoms with van der Waals surface area (Å²) in [5.74, 6) is 0. The molecule has 0 aromatic carbocycles. The highest BCUT2D eigenvalue weighted by molar-refractivity contribution is 7.15. The van der Waals surface area contributed by atoms with Gasteiger partial charge < -0.3 is 5.32 Å². The third-order valence-electron chi connectivity index (χ3n) is 2.37. The average molecular weight is 222 g/mol. The van der Waals surface area contributed by atoms with Crippen LogP contribution in [0, 0.1) is 13.8 Å². The van der Waals surface area contributed by atoms with E-state index in [-0.39, 0.29) is 0 Å². The maximum Gasteiger partial charge on any atom is 0.183 e. The molecule has 0 aliphatic rings. The number of anilines is 1. The molecule has 0 saturated carbocycles. The number of rotatable bonds is 3. The van der Waals surface area contributed by atoms with Crippen molar-refractivity contribution in [1.82, 2.24) is 14.8 Å². The summed E-state index contributed by atoms with van der Waals surface area (Å²) in [6.07, 6.45) is 1.80. The summed E-state index contributed by atoms with van der Waals surface area (Å²) in [4.78, 5) is 5.68. The van der Waals surface area contributed by atoms with Crippen molar-refractivity contribution in [2.75, 3.05) is 5.32 Å². The molecule has 2 rings (SSSR count). The lowest BCUT2D eigenvalue weighted by molar-refractivity contribution is 0.720. The Bertz CT molecular complexity index is 438. The van der Waals surface area contributed by atoms with Crippen LogP contribution in [0.15, 0.2) is 12.3 Å². The second kappa shape index (κ2) is 4.02. The SMILES string of the molecule is Cc1nc(NCc2ccnn2C)sc1C. The van der Waals surface area contributed by atoms with E-state index >= 15 is 0 Å². The van der Waals surface area contributed by atoms with Gasteiger partial charge in [-0.25, -0.2) is 4.98 Å². The topological polar surface area (TPSA) is 42.7 Å². The van der Waals surface area contributed by atoms with E-state index in [1.165, 1.54) is 4.88 Å². The molecule has 2 heterocycles. The smallest absolute Gasteiger partial charge is 0.183 e. The van der Waals surface area contributed by atoms with Crippen LogP contribution in [0.25, 0.3) is 0 Å². The van der Waals surface area contributed by atoms with Crippen molar-refractivity contribution in [3.8, 4) is 0 Å². The number of nitrogens with one attached hydrogen (secondary N) is 1. The van der Waals surface area contributed by atoms with E-state index in [4.69, 9.17) is 0 Å². The minimum absolute atomic E-state index is 0.767. The molecule has 0 atom stereocenters. The van der Waals surface area contributed by atoms with Crippen molar-refractivity contribution in [2.24, 2.45) is 7.05 Å². The number of aromatic nitrogens is 3. The molecule has 0 bridgehead atoms. The number of nitrogens with zero attached hydrogens (tertiary/aromatic N) is 3. The molecule has 0 amide bonds. The summed E-state index contributed by atoms with van der Waals surface area (Å²) in [7, 11) is 1.94. The van der Waals surface area contributed by atoms with E-state index in [1.807, 2.05) is 24.7 Å². The fraction of sp³-hybridized carbons (Fsp3) is 0.400. The molecule has 0 aliphatic carbocycles. The molecule has 80 valence electrons. The van der Waals surface area contributed by atoms with Gasteiger partial charge in [-0.2, -0.15) is 5.10 Å². The third kappa shape index (κ3) is 2.18. The molecule has 15 heavy (non-hydrogen) atoms. The molecule has 1 N–H and O–H groups in total. The maximum absolute atomic E-state index is 4.42. The Morgan fingerprint density at radius 2 is 2.27 bits per heavy atom. The van der Waals surface area contributed by atoms with Gasteiger partial charge in [0.25, 0.3) is 0 Å². The minimum Gasteiger partial charge on any atom is -0.356 e. The van der Waals surface area contributed by atoms with Crippen LogP contribution in [0.4, 0.5) is 5.13 Å². The first-order valence-corrected chi connectivity index (χ1v) is 5.63. The first-order valence-electron chi connectivity index (χ1n) is 4.81. The fourth-order valence-corrected chi connectivity index (χ4v) is 2.10. The first kappa shape index (κ1) is 10.2. The van der Waals surface area contributed by atoms with E-state index in [1.54, 1.807) is 17.5 Å². The molecular formula is C10H14N4S. The van der Waals surface area contributed by atoms with Crippen molar-refractivity contribution in [2.45, 2.75) is 20.4 Å². The Balaban J connectivity index is 2.02. The Morgan fingerprint density at radius 3 is 2.80 bits per heavy atom. The number of aryl methyl sites for hydroxylation is 3. The van der Waals surface area contributed by atoms with Crippen LogP contribution in [-0.4, -0.2) is 14.8 Å². The Morgan fingerprint density at radius 1 is 1.47 bits per heavy atom. The number of hydrogen-bond donors (Lipinski definition) is 1. The lowest BCUT2D eigenvalue weighted by Crippen LogP contribution is -2.05. The number of thiazole rings is 1. The van der Waals surface area contributed by atoms with Crippen molar-refractivity contribution in [3.05, 3.63) is 28.5 Å². The van der Waals surface area contributed by atoms with Gasteiger partial charge >= 0.3 is 0 Å². The van der Waals surface area contributed by atoms with Crippen molar-refractivity contribution in [3.63, 3.8) is 0 Å². The molecule has 5 heteroatoms. The maximum atomic E-state index is 4.42. The van der Waals surface area contributed by atoms with Crippen LogP contribution in [0.3, 0.4) is 0 Å². The third-order valence-corrected chi connectivity index (χ3v) is 3.40. The van der Waals surface area contributed by atoms with Crippen LogP contribution in [0.1, 0.15) is 16.3 Å². The molecule has 0 spiro atoms. The molecule has 0 aliphatic heterocycles. The molecule has 2 aromatic heterocycles. The van der Waals surface area contributed by atoms with E-state index in [2.05, 4.69) is 22.3 Å². The van der Waals surface area contributed by atoms with E-state index in [9.17, 15) is 0 Å². The van der Waals surface area contributed by atoms with Gasteiger partial charge in [-0.05, 0) is 19.9 Å². The van der Waals surface area contributed by atoms with Crippen LogP contribution in [0.2, 0.25) is 0 Å². The molecule has 2 aromatic rings. The molecule has 0 saturated heterocycles. The largest absolute Gasteiger partial charge is 0.356 e. The van der Waals surface area contributed by atoms with Crippen LogP contribution >= 0.6 is 11.3 Å². The predicted octanol–water partition coefficient (Wildman–Crippen LogP) is 2.11. The standard InChI is InChI=1S/C10H14N4S/c1-7-8(2)15-10(13-7)11-6-9-4-5-12-14(9)3/h4-5H,6H2,1-3H3,(H,11,13). The van der Waals surface area contributed by atoms with Gasteiger partial charge in [0, 0.05) is 18.1 Å². The highest BCUT2D eigenvalue weighted by atomic mass is 32.1. The predicted molar refractivity (Wildman–Crippen MR) is 62.1 cm³/mol. The number of hydrogen-bond acceptors (Lipinski definition) is 4. The lowest BCUT2D eigenvalue weighted by atomic mass is 10.4. The zero-order valence-corrected chi connectivity index (χ0v) is 9.93. The van der Waals surface area contributed by atoms with E-state index < -0.39 is 0 Å². The summed E-state index contributed by atoms with van der Waals surface area (Å²) < 4.78 is 1.86. The van der Waals surface area contributed by atoms with Gasteiger partial charge in [-0.3, -0.25) is 4.68 Å². The van der Waals surface area contributed by atoms with Gasteiger partial charge in [0.05, 0.1) is 17.9 Å². The summed E-state index contributed by atoms with van der Waals surface area (Å²) in [6, 6.07) is 2.00. The molecule has 0 radical (unpaired) electrons. The average Bonchev–Trinajstić information content (AvgIpc) is 2.72. The van der Waals surface area contributed by atoms with Crippen LogP contribution in [0.5, 0.6) is 0 Å². The highest BCUT2D eigenvalue weighted by Crippen LogP contribution is 2.21. The van der Waals surface area contributed by atoms with E-state index in [0.29, 0.717) is 0 Å². The molecule has 0 fully saturated rings. The zero-order chi connectivity index (χ0) is 10.8. The van der Waals surface area contributed by atoms with Gasteiger partial charge in [-0.1, -0.05) is 0 Å². The second-order valence-corrected chi connectivity index (χ2v) is 4.66. The van der Waals surface area contributed by atoms with Crippen molar-refractivity contribution < 1.29 is 0 Å². The van der Waals surface area contributed by atoms with Crippen molar-refractivity contribution >= 4 is 16.5 Å². The summed E-state index contributed by atoms with van der Waals surface area (Å²) in [6.45, 7) is 4.88. The molecular weight excluding hydrogens is 208 g/mol. The van der Waals surface area contributed by atoms with Gasteiger partial charge in [0.1, 0.15) is 0 Å². The Labute approximate surface area is 93.0 Å². The summed E-state index contributed by atoms with van der Waals surface area (Å²) in [5.41, 5.74) is 2.26. The highest BCUT2D eigenvalue weighted by Gasteiger charge is 2.03. The van der Waals surface area contributed by atoms with Gasteiger partial charge in [-0.15, -0.1) is 11.3 Å². The minimum atomic E-state index is 0.767. The fourth-order valence-electron chi connectivity index (χ4n) is 1.29. The zero-order valence-electron chi connectivity index (χ0n) is 9.11. The van der Waals surface area contributed by atoms with Crippen molar-refractivity contribution in [1.29, 1.82) is 0 Å².